The molecule has 0 saturated heterocycles. The second-order valence-corrected chi connectivity index (χ2v) is 9.25. The van der Waals surface area contributed by atoms with Gasteiger partial charge in [0, 0.05) is 52.2 Å². The van der Waals surface area contributed by atoms with Crippen molar-refractivity contribution in [2.24, 2.45) is 0 Å². The molecule has 1 aromatic heterocycles. The van der Waals surface area contributed by atoms with Crippen LogP contribution in [0.25, 0.3) is 0 Å². The van der Waals surface area contributed by atoms with Crippen LogP contribution in [0.4, 0.5) is 18.0 Å². The number of urea groups is 1. The van der Waals surface area contributed by atoms with Crippen molar-refractivity contribution in [3.8, 4) is 0 Å². The zero-order valence-electron chi connectivity index (χ0n) is 16.9. The van der Waals surface area contributed by atoms with Crippen molar-refractivity contribution in [3.63, 3.8) is 0 Å². The highest BCUT2D eigenvalue weighted by atomic mass is 32.2. The Hall–Kier alpha value is -2.35. The van der Waals surface area contributed by atoms with Crippen LogP contribution in [-0.2, 0) is 21.2 Å². The lowest BCUT2D eigenvalue weighted by Crippen LogP contribution is -2.45. The van der Waals surface area contributed by atoms with E-state index in [-0.39, 0.29) is 23.6 Å². The van der Waals surface area contributed by atoms with Gasteiger partial charge in [0.05, 0.1) is 17.5 Å². The van der Waals surface area contributed by atoms with E-state index in [2.05, 4.69) is 15.3 Å². The monoisotopic (exact) mass is 457 g/mol. The lowest BCUT2D eigenvalue weighted by molar-refractivity contribution is -0.192. The van der Waals surface area contributed by atoms with E-state index < -0.39 is 22.0 Å². The van der Waals surface area contributed by atoms with Crippen LogP contribution in [-0.4, -0.2) is 96.5 Å². The van der Waals surface area contributed by atoms with Crippen LogP contribution in [0.2, 0.25) is 0 Å². The predicted octanol–water partition coefficient (Wildman–Crippen LogP) is 0.579. The van der Waals surface area contributed by atoms with Crippen LogP contribution in [0.15, 0.2) is 12.3 Å². The number of hydrogen-bond donors (Lipinski definition) is 2. The summed E-state index contributed by atoms with van der Waals surface area (Å²) in [5.74, 6) is -2.43. The van der Waals surface area contributed by atoms with Gasteiger partial charge in [-0.25, -0.2) is 18.0 Å². The van der Waals surface area contributed by atoms with E-state index in [0.29, 0.717) is 26.2 Å². The van der Waals surface area contributed by atoms with Crippen LogP contribution in [0, 0.1) is 0 Å². The molecule has 0 aliphatic carbocycles. The van der Waals surface area contributed by atoms with Crippen molar-refractivity contribution in [2.75, 3.05) is 45.2 Å². The highest BCUT2D eigenvalue weighted by molar-refractivity contribution is 7.91. The summed E-state index contributed by atoms with van der Waals surface area (Å²) in [5.41, 5.74) is 1.04. The fourth-order valence-corrected chi connectivity index (χ4v) is 3.39. The molecule has 1 atom stereocenters. The molecule has 0 radical (unpaired) electrons. The first-order valence-corrected chi connectivity index (χ1v) is 10.8. The Labute approximate surface area is 172 Å². The molecule has 0 fully saturated rings. The first-order chi connectivity index (χ1) is 13.8. The molecule has 2 N–H and O–H groups in total. The number of alkyl halides is 3. The number of aromatic nitrogens is 2. The molecule has 30 heavy (non-hydrogen) atoms. The van der Waals surface area contributed by atoms with Crippen molar-refractivity contribution in [1.29, 1.82) is 0 Å². The Morgan fingerprint density at radius 1 is 1.37 bits per heavy atom. The van der Waals surface area contributed by atoms with Crippen molar-refractivity contribution in [3.05, 3.63) is 18.0 Å². The molecule has 0 saturated carbocycles. The zero-order chi connectivity index (χ0) is 23.1. The normalized spacial score (nSPS) is 16.8. The summed E-state index contributed by atoms with van der Waals surface area (Å²) < 4.78 is 57.1. The zero-order valence-corrected chi connectivity index (χ0v) is 17.7. The molecule has 1 aliphatic heterocycles. The fraction of sp³-hybridized carbons (Fsp3) is 0.688. The number of sulfone groups is 1. The van der Waals surface area contributed by atoms with E-state index in [1.165, 1.54) is 4.90 Å². The van der Waals surface area contributed by atoms with E-state index in [4.69, 9.17) is 9.90 Å². The number of amides is 2. The third-order valence-electron chi connectivity index (χ3n) is 4.25. The number of carbonyl (C=O) groups excluding carboxylic acids is 1. The second-order valence-electron chi connectivity index (χ2n) is 6.78. The number of aliphatic carboxylic acids is 1. The van der Waals surface area contributed by atoms with Gasteiger partial charge in [0.25, 0.3) is 0 Å². The van der Waals surface area contributed by atoms with Gasteiger partial charge in [-0.05, 0) is 6.07 Å². The van der Waals surface area contributed by atoms with Gasteiger partial charge >= 0.3 is 18.2 Å². The molecule has 10 nitrogen and oxygen atoms in total. The summed E-state index contributed by atoms with van der Waals surface area (Å²) in [6.45, 7) is 3.97. The molecular weight excluding hydrogens is 431 g/mol. The summed E-state index contributed by atoms with van der Waals surface area (Å²) in [6, 6.07) is 1.78. The highest BCUT2D eigenvalue weighted by Gasteiger charge is 2.38. The van der Waals surface area contributed by atoms with Crippen LogP contribution in [0.3, 0.4) is 0 Å². The van der Waals surface area contributed by atoms with Crippen molar-refractivity contribution in [2.45, 2.75) is 25.7 Å². The standard InChI is InChI=1S/C14H25N5O3S.C2HF3O2/c1-4-23(21,22)8-7-18-10-12-5-6-16-19(12)13(11-18)9-15-14(20)17(2)3;3-2(4,5)1(6)7/h5-6,13H,4,7-11H2,1-3H3,(H,15,20);(H,6,7). The fourth-order valence-electron chi connectivity index (χ4n) is 2.56. The maximum atomic E-state index is 11.7. The number of carboxylic acid groups (broad SMARTS) is 1. The van der Waals surface area contributed by atoms with Gasteiger partial charge in [0.1, 0.15) is 0 Å². The SMILES string of the molecule is CCS(=O)(=O)CCN1Cc2ccnn2C(CNC(=O)N(C)C)C1.O=C(O)C(F)(F)F. The smallest absolute Gasteiger partial charge is 0.475 e. The molecule has 1 aromatic rings. The van der Waals surface area contributed by atoms with Gasteiger partial charge < -0.3 is 15.3 Å². The first-order valence-electron chi connectivity index (χ1n) is 8.97. The predicted molar refractivity (Wildman–Crippen MR) is 102 cm³/mol. The van der Waals surface area contributed by atoms with Gasteiger partial charge in [-0.3, -0.25) is 9.58 Å². The second kappa shape index (κ2) is 10.6. The van der Waals surface area contributed by atoms with Crippen LogP contribution in [0.5, 0.6) is 0 Å². The summed E-state index contributed by atoms with van der Waals surface area (Å²) in [7, 11) is 0.406. The molecule has 1 unspecified atom stereocenters. The number of fused-ring (bicyclic) bond motifs is 1. The summed E-state index contributed by atoms with van der Waals surface area (Å²) in [4.78, 5) is 24.2. The average Bonchev–Trinajstić information content (AvgIpc) is 3.12. The molecular formula is C16H26F3N5O5S. The highest BCUT2D eigenvalue weighted by Crippen LogP contribution is 2.19. The van der Waals surface area contributed by atoms with E-state index in [9.17, 15) is 26.4 Å². The van der Waals surface area contributed by atoms with Crippen LogP contribution >= 0.6 is 0 Å². The van der Waals surface area contributed by atoms with E-state index in [0.717, 1.165) is 5.69 Å². The first kappa shape index (κ1) is 25.7. The van der Waals surface area contributed by atoms with Crippen LogP contribution < -0.4 is 5.32 Å². The van der Waals surface area contributed by atoms with Gasteiger partial charge in [-0.2, -0.15) is 18.3 Å². The number of hydrogen-bond acceptors (Lipinski definition) is 6. The largest absolute Gasteiger partial charge is 0.490 e. The van der Waals surface area contributed by atoms with Crippen molar-refractivity contribution >= 4 is 21.8 Å². The molecule has 2 rings (SSSR count). The number of carbonyl (C=O) groups is 2. The molecule has 0 aromatic carbocycles. The topological polar surface area (TPSA) is 125 Å². The third-order valence-corrected chi connectivity index (χ3v) is 5.93. The van der Waals surface area contributed by atoms with Crippen molar-refractivity contribution in [1.82, 2.24) is 24.9 Å². The quantitative estimate of drug-likeness (QED) is 0.640. The lowest BCUT2D eigenvalue weighted by atomic mass is 10.2. The summed E-state index contributed by atoms with van der Waals surface area (Å²) in [6.07, 6.45) is -3.34. The molecule has 14 heteroatoms. The Kier molecular flexibility index (Phi) is 9.09. The number of halogens is 3. The number of carboxylic acids is 1. The molecule has 2 heterocycles. The molecule has 0 bridgehead atoms. The van der Waals surface area contributed by atoms with Gasteiger partial charge in [0.15, 0.2) is 9.84 Å². The number of nitrogens with one attached hydrogen (secondary N) is 1. The molecule has 172 valence electrons. The lowest BCUT2D eigenvalue weighted by Gasteiger charge is -2.34. The Bertz CT molecular complexity index is 825. The maximum Gasteiger partial charge on any atom is 0.490 e. The molecule has 1 aliphatic rings. The van der Waals surface area contributed by atoms with Gasteiger partial charge in [-0.1, -0.05) is 6.92 Å². The minimum absolute atomic E-state index is 0.00183. The average molecular weight is 457 g/mol. The third kappa shape index (κ3) is 8.18. The van der Waals surface area contributed by atoms with Gasteiger partial charge in [0.2, 0.25) is 0 Å². The van der Waals surface area contributed by atoms with Crippen LogP contribution in [0.1, 0.15) is 18.7 Å². The van der Waals surface area contributed by atoms with Gasteiger partial charge in [-0.15, -0.1) is 0 Å². The summed E-state index contributed by atoms with van der Waals surface area (Å²) >= 11 is 0. The van der Waals surface area contributed by atoms with E-state index in [1.54, 1.807) is 27.2 Å². The Morgan fingerprint density at radius 3 is 2.47 bits per heavy atom. The number of nitrogens with zero attached hydrogens (tertiary/aromatic N) is 4. The number of rotatable bonds is 6. The molecule has 2 amide bonds. The minimum Gasteiger partial charge on any atom is -0.475 e. The minimum atomic E-state index is -5.08. The Morgan fingerprint density at radius 2 is 1.97 bits per heavy atom. The van der Waals surface area contributed by atoms with E-state index in [1.807, 2.05) is 10.7 Å². The van der Waals surface area contributed by atoms with E-state index >= 15 is 0 Å². The summed E-state index contributed by atoms with van der Waals surface area (Å²) in [5, 5.41) is 14.3. The maximum absolute atomic E-state index is 11.7. The van der Waals surface area contributed by atoms with Crippen molar-refractivity contribution < 1.29 is 36.3 Å². The Balaban J connectivity index is 0.000000553. The molecule has 0 spiro atoms.